The van der Waals surface area contributed by atoms with E-state index in [9.17, 15) is 22.0 Å². The lowest BCUT2D eigenvalue weighted by Gasteiger charge is -2.22. The van der Waals surface area contributed by atoms with Crippen LogP contribution < -0.4 is 10.6 Å². The highest BCUT2D eigenvalue weighted by Gasteiger charge is 2.34. The Hall–Kier alpha value is -1.37. The van der Waals surface area contributed by atoms with Crippen molar-refractivity contribution in [1.82, 2.24) is 0 Å². The van der Waals surface area contributed by atoms with Crippen molar-refractivity contribution in [2.24, 2.45) is 5.73 Å². The lowest BCUT2D eigenvalue weighted by molar-refractivity contribution is -0.138. The number of rotatable bonds is 6. The molecule has 120 valence electrons. The molecule has 7 heteroatoms. The highest BCUT2D eigenvalue weighted by molar-refractivity contribution is 5.51. The summed E-state index contributed by atoms with van der Waals surface area (Å²) >= 11 is 0. The van der Waals surface area contributed by atoms with E-state index in [4.69, 9.17) is 5.73 Å². The van der Waals surface area contributed by atoms with E-state index in [0.717, 1.165) is 11.0 Å². The van der Waals surface area contributed by atoms with Crippen LogP contribution in [0.3, 0.4) is 0 Å². The number of benzene rings is 1. The number of nitrogens with two attached hydrogens (primary N) is 1. The first-order valence-corrected chi connectivity index (χ1v) is 6.60. The second kappa shape index (κ2) is 7.06. The smallest absolute Gasteiger partial charge is 0.369 e. The Morgan fingerprint density at radius 3 is 2.33 bits per heavy atom. The molecule has 0 aromatic heterocycles. The predicted octanol–water partition coefficient (Wildman–Crippen LogP) is 3.69. The van der Waals surface area contributed by atoms with Crippen LogP contribution in [0.2, 0.25) is 0 Å². The van der Waals surface area contributed by atoms with Crippen molar-refractivity contribution in [1.29, 1.82) is 0 Å². The normalized spacial score (nSPS) is 13.6. The Bertz CT molecular complexity index is 459. The van der Waals surface area contributed by atoms with Crippen LogP contribution in [0, 0.1) is 0 Å². The maximum atomic E-state index is 13.1. The quantitative estimate of drug-likeness (QED) is 0.812. The first-order valence-electron chi connectivity index (χ1n) is 6.60. The standard InChI is InChI=1S/C14H19F5N2/c1-3-10(20)6-9-4-5-11(21(2)8-13(15)16)7-12(9)14(17,18)19/h4-5,7,10,13H,3,6,8,20H2,1-2H3. The van der Waals surface area contributed by atoms with Crippen molar-refractivity contribution >= 4 is 5.69 Å². The van der Waals surface area contributed by atoms with Gasteiger partial charge in [-0.1, -0.05) is 13.0 Å². The monoisotopic (exact) mass is 310 g/mol. The lowest BCUT2D eigenvalue weighted by atomic mass is 9.98. The number of hydrogen-bond acceptors (Lipinski definition) is 2. The molecule has 0 radical (unpaired) electrons. The fourth-order valence-electron chi connectivity index (χ4n) is 1.98. The molecule has 0 amide bonds. The molecule has 0 bridgehead atoms. The maximum absolute atomic E-state index is 13.1. The molecule has 1 rings (SSSR count). The van der Waals surface area contributed by atoms with Gasteiger partial charge in [0.1, 0.15) is 0 Å². The molecule has 0 aliphatic rings. The van der Waals surface area contributed by atoms with E-state index < -0.39 is 24.7 Å². The Labute approximate surface area is 120 Å². The first-order chi connectivity index (χ1) is 9.65. The van der Waals surface area contributed by atoms with E-state index in [1.54, 1.807) is 6.92 Å². The Balaban J connectivity index is 3.13. The zero-order valence-corrected chi connectivity index (χ0v) is 11.9. The molecule has 0 spiro atoms. The molecule has 1 aromatic rings. The van der Waals surface area contributed by atoms with Crippen molar-refractivity contribution in [3.8, 4) is 0 Å². The van der Waals surface area contributed by atoms with Gasteiger partial charge in [-0.05, 0) is 30.5 Å². The van der Waals surface area contributed by atoms with Gasteiger partial charge in [0.25, 0.3) is 6.43 Å². The van der Waals surface area contributed by atoms with Crippen LogP contribution in [-0.4, -0.2) is 26.1 Å². The highest BCUT2D eigenvalue weighted by atomic mass is 19.4. The molecule has 1 aromatic carbocycles. The van der Waals surface area contributed by atoms with Gasteiger partial charge >= 0.3 is 6.18 Å². The molecule has 2 nitrogen and oxygen atoms in total. The summed E-state index contributed by atoms with van der Waals surface area (Å²) in [5.74, 6) is 0. The van der Waals surface area contributed by atoms with Crippen molar-refractivity contribution in [2.45, 2.75) is 38.4 Å². The van der Waals surface area contributed by atoms with Crippen molar-refractivity contribution in [3.63, 3.8) is 0 Å². The summed E-state index contributed by atoms with van der Waals surface area (Å²) in [4.78, 5) is 1.10. The largest absolute Gasteiger partial charge is 0.416 e. The van der Waals surface area contributed by atoms with E-state index >= 15 is 0 Å². The molecule has 1 unspecified atom stereocenters. The predicted molar refractivity (Wildman–Crippen MR) is 72.7 cm³/mol. The molecule has 0 saturated carbocycles. The molecule has 0 fully saturated rings. The van der Waals surface area contributed by atoms with Crippen molar-refractivity contribution < 1.29 is 22.0 Å². The number of nitrogens with zero attached hydrogens (tertiary/aromatic N) is 1. The van der Waals surface area contributed by atoms with Crippen LogP contribution in [0.5, 0.6) is 0 Å². The van der Waals surface area contributed by atoms with Gasteiger partial charge in [0.15, 0.2) is 0 Å². The summed E-state index contributed by atoms with van der Waals surface area (Å²) < 4.78 is 63.9. The summed E-state index contributed by atoms with van der Waals surface area (Å²) in [6.45, 7) is 1.17. The Morgan fingerprint density at radius 2 is 1.86 bits per heavy atom. The van der Waals surface area contributed by atoms with Crippen LogP contribution >= 0.6 is 0 Å². The summed E-state index contributed by atoms with van der Waals surface area (Å²) in [6.07, 6.45) is -6.49. The van der Waals surface area contributed by atoms with Crippen LogP contribution in [0.4, 0.5) is 27.6 Å². The minimum absolute atomic E-state index is 0.0889. The summed E-state index contributed by atoms with van der Waals surface area (Å²) in [7, 11) is 1.33. The topological polar surface area (TPSA) is 29.3 Å². The Morgan fingerprint density at radius 1 is 1.24 bits per heavy atom. The molecular weight excluding hydrogens is 291 g/mol. The third-order valence-corrected chi connectivity index (χ3v) is 3.26. The van der Waals surface area contributed by atoms with E-state index in [2.05, 4.69) is 0 Å². The first kappa shape index (κ1) is 17.7. The van der Waals surface area contributed by atoms with Gasteiger partial charge in [-0.15, -0.1) is 0 Å². The minimum atomic E-state index is -4.54. The molecule has 2 N–H and O–H groups in total. The van der Waals surface area contributed by atoms with Crippen LogP contribution in [-0.2, 0) is 12.6 Å². The number of hydrogen-bond donors (Lipinski definition) is 1. The van der Waals surface area contributed by atoms with E-state index in [1.807, 2.05) is 0 Å². The van der Waals surface area contributed by atoms with E-state index in [1.165, 1.54) is 19.2 Å². The second-order valence-corrected chi connectivity index (χ2v) is 4.98. The molecular formula is C14H19F5N2. The van der Waals surface area contributed by atoms with Gasteiger partial charge in [-0.2, -0.15) is 13.2 Å². The Kier molecular flexibility index (Phi) is 5.95. The van der Waals surface area contributed by atoms with Gasteiger partial charge < -0.3 is 10.6 Å². The number of halogens is 5. The second-order valence-electron chi connectivity index (χ2n) is 4.98. The van der Waals surface area contributed by atoms with E-state index in [-0.39, 0.29) is 23.7 Å². The third kappa shape index (κ3) is 5.15. The molecule has 1 atom stereocenters. The minimum Gasteiger partial charge on any atom is -0.369 e. The summed E-state index contributed by atoms with van der Waals surface area (Å²) in [5, 5.41) is 0. The molecule has 21 heavy (non-hydrogen) atoms. The van der Waals surface area contributed by atoms with Crippen LogP contribution in [0.25, 0.3) is 0 Å². The van der Waals surface area contributed by atoms with Crippen LogP contribution in [0.1, 0.15) is 24.5 Å². The van der Waals surface area contributed by atoms with Gasteiger partial charge in [0.2, 0.25) is 0 Å². The zero-order chi connectivity index (χ0) is 16.2. The SMILES string of the molecule is CCC(N)Cc1ccc(N(C)CC(F)F)cc1C(F)(F)F. The van der Waals surface area contributed by atoms with Crippen molar-refractivity contribution in [2.75, 3.05) is 18.5 Å². The molecule has 0 saturated heterocycles. The van der Waals surface area contributed by atoms with Gasteiger partial charge in [-0.25, -0.2) is 8.78 Å². The summed E-state index contributed by atoms with van der Waals surface area (Å²) in [6, 6.07) is 3.26. The summed E-state index contributed by atoms with van der Waals surface area (Å²) in [5.41, 5.74) is 5.09. The fraction of sp³-hybridized carbons (Fsp3) is 0.571. The fourth-order valence-corrected chi connectivity index (χ4v) is 1.98. The zero-order valence-electron chi connectivity index (χ0n) is 11.9. The molecule has 0 aliphatic heterocycles. The third-order valence-electron chi connectivity index (χ3n) is 3.26. The van der Waals surface area contributed by atoms with E-state index in [0.29, 0.717) is 6.42 Å². The highest BCUT2D eigenvalue weighted by Crippen LogP contribution is 2.35. The van der Waals surface area contributed by atoms with Gasteiger partial charge in [0, 0.05) is 18.8 Å². The molecule has 0 heterocycles. The maximum Gasteiger partial charge on any atom is 0.416 e. The molecule has 0 aliphatic carbocycles. The van der Waals surface area contributed by atoms with Crippen LogP contribution in [0.15, 0.2) is 18.2 Å². The lowest BCUT2D eigenvalue weighted by Crippen LogP contribution is -2.26. The number of alkyl halides is 5. The van der Waals surface area contributed by atoms with Gasteiger partial charge in [0.05, 0.1) is 12.1 Å². The average Bonchev–Trinajstić information content (AvgIpc) is 2.36. The van der Waals surface area contributed by atoms with Crippen molar-refractivity contribution in [3.05, 3.63) is 29.3 Å². The average molecular weight is 310 g/mol. The number of anilines is 1. The van der Waals surface area contributed by atoms with Gasteiger partial charge in [-0.3, -0.25) is 0 Å².